The topological polar surface area (TPSA) is 66.8 Å². The van der Waals surface area contributed by atoms with E-state index in [2.05, 4.69) is 0 Å². The molecule has 0 radical (unpaired) electrons. The largest absolute Gasteiger partial charge is 0.483 e. The van der Waals surface area contributed by atoms with Crippen molar-refractivity contribution in [3.05, 3.63) is 40.9 Å². The van der Waals surface area contributed by atoms with Gasteiger partial charge in [-0.15, -0.1) is 0 Å². The molecule has 106 valence electrons. The highest BCUT2D eigenvalue weighted by molar-refractivity contribution is 6.30. The van der Waals surface area contributed by atoms with Crippen molar-refractivity contribution < 1.29 is 19.4 Å². The molecule has 1 aliphatic rings. The van der Waals surface area contributed by atoms with Crippen molar-refractivity contribution in [2.45, 2.75) is 13.0 Å². The van der Waals surface area contributed by atoms with Crippen LogP contribution in [0.5, 0.6) is 5.75 Å². The van der Waals surface area contributed by atoms with Gasteiger partial charge in [0.25, 0.3) is 5.91 Å². The fourth-order valence-electron chi connectivity index (χ4n) is 1.99. The van der Waals surface area contributed by atoms with Crippen molar-refractivity contribution in [1.82, 2.24) is 4.90 Å². The summed E-state index contributed by atoms with van der Waals surface area (Å²) in [6.45, 7) is 1.91. The molecular formula is C14H14ClNO4. The summed E-state index contributed by atoms with van der Waals surface area (Å²) in [5.41, 5.74) is 0.819. The van der Waals surface area contributed by atoms with Crippen LogP contribution in [0.25, 0.3) is 0 Å². The number of aliphatic carboxylic acids is 1. The van der Waals surface area contributed by atoms with Gasteiger partial charge in [0.2, 0.25) is 0 Å². The molecule has 5 nitrogen and oxygen atoms in total. The minimum atomic E-state index is -1.05. The molecule has 0 bridgehead atoms. The van der Waals surface area contributed by atoms with Crippen LogP contribution in [0.15, 0.2) is 30.4 Å². The van der Waals surface area contributed by atoms with E-state index in [1.54, 1.807) is 24.3 Å². The van der Waals surface area contributed by atoms with Crippen molar-refractivity contribution >= 4 is 23.5 Å². The standard InChI is InChI=1S/C14H14ClNO4/c1-9-7-10(15)4-5-12(9)20-8-13(17)16-6-2-3-11(16)14(18)19/h2-5,7,11H,6,8H2,1H3,(H,18,19)/t11-/m0/s1. The Balaban J connectivity index is 1.97. The van der Waals surface area contributed by atoms with E-state index in [-0.39, 0.29) is 12.5 Å². The van der Waals surface area contributed by atoms with Gasteiger partial charge in [0, 0.05) is 11.6 Å². The number of carbonyl (C=O) groups is 2. The van der Waals surface area contributed by atoms with E-state index in [1.165, 1.54) is 11.0 Å². The third-order valence-corrected chi connectivity index (χ3v) is 3.25. The van der Waals surface area contributed by atoms with Crippen LogP contribution in [0.1, 0.15) is 5.56 Å². The number of halogens is 1. The molecule has 1 amide bonds. The number of carboxylic acids is 1. The summed E-state index contributed by atoms with van der Waals surface area (Å²) in [6, 6.07) is 4.18. The molecule has 20 heavy (non-hydrogen) atoms. The normalized spacial score (nSPS) is 17.3. The Morgan fingerprint density at radius 3 is 2.90 bits per heavy atom. The second-order valence-corrected chi connectivity index (χ2v) is 4.89. The van der Waals surface area contributed by atoms with Gasteiger partial charge in [-0.2, -0.15) is 0 Å². The van der Waals surface area contributed by atoms with Crippen LogP contribution in [0.3, 0.4) is 0 Å². The van der Waals surface area contributed by atoms with Crippen LogP contribution < -0.4 is 4.74 Å². The monoisotopic (exact) mass is 295 g/mol. The lowest BCUT2D eigenvalue weighted by atomic mass is 10.2. The van der Waals surface area contributed by atoms with E-state index in [0.717, 1.165) is 5.56 Å². The van der Waals surface area contributed by atoms with Gasteiger partial charge in [0.15, 0.2) is 6.61 Å². The maximum absolute atomic E-state index is 12.0. The van der Waals surface area contributed by atoms with Gasteiger partial charge in [0.05, 0.1) is 0 Å². The minimum Gasteiger partial charge on any atom is -0.483 e. The zero-order chi connectivity index (χ0) is 14.7. The zero-order valence-corrected chi connectivity index (χ0v) is 11.6. The molecule has 0 saturated carbocycles. The van der Waals surface area contributed by atoms with Gasteiger partial charge in [-0.3, -0.25) is 4.79 Å². The highest BCUT2D eigenvalue weighted by Gasteiger charge is 2.30. The number of hydrogen-bond donors (Lipinski definition) is 1. The third-order valence-electron chi connectivity index (χ3n) is 3.02. The van der Waals surface area contributed by atoms with E-state index in [9.17, 15) is 9.59 Å². The van der Waals surface area contributed by atoms with Gasteiger partial charge < -0.3 is 14.7 Å². The number of carboxylic acid groups (broad SMARTS) is 1. The summed E-state index contributed by atoms with van der Waals surface area (Å²) in [5, 5.41) is 9.59. The number of nitrogens with zero attached hydrogens (tertiary/aromatic N) is 1. The van der Waals surface area contributed by atoms with Crippen LogP contribution in [0.4, 0.5) is 0 Å². The SMILES string of the molecule is Cc1cc(Cl)ccc1OCC(=O)N1CC=C[C@H]1C(=O)O. The van der Waals surface area contributed by atoms with Crippen molar-refractivity contribution in [3.8, 4) is 5.75 Å². The molecule has 0 spiro atoms. The lowest BCUT2D eigenvalue weighted by Gasteiger charge is -2.21. The molecule has 1 aliphatic heterocycles. The smallest absolute Gasteiger partial charge is 0.330 e. The Morgan fingerprint density at radius 2 is 2.25 bits per heavy atom. The molecule has 6 heteroatoms. The maximum atomic E-state index is 12.0. The number of hydrogen-bond acceptors (Lipinski definition) is 3. The van der Waals surface area contributed by atoms with Crippen molar-refractivity contribution in [3.63, 3.8) is 0 Å². The first-order valence-corrected chi connectivity index (χ1v) is 6.44. The fraction of sp³-hybridized carbons (Fsp3) is 0.286. The van der Waals surface area contributed by atoms with Crippen molar-refractivity contribution in [1.29, 1.82) is 0 Å². The van der Waals surface area contributed by atoms with E-state index < -0.39 is 12.0 Å². The predicted molar refractivity (Wildman–Crippen MR) is 74.0 cm³/mol. The summed E-state index contributed by atoms with van der Waals surface area (Å²) < 4.78 is 5.42. The molecule has 2 rings (SSSR count). The van der Waals surface area contributed by atoms with Crippen LogP contribution in [0.2, 0.25) is 5.02 Å². The maximum Gasteiger partial charge on any atom is 0.330 e. The molecule has 0 unspecified atom stereocenters. The Kier molecular flexibility index (Phi) is 4.29. The van der Waals surface area contributed by atoms with Crippen LogP contribution in [0, 0.1) is 6.92 Å². The van der Waals surface area contributed by atoms with Crippen LogP contribution >= 0.6 is 11.6 Å². The number of rotatable bonds is 4. The molecule has 1 aromatic rings. The molecule has 1 atom stereocenters. The van der Waals surface area contributed by atoms with Crippen molar-refractivity contribution in [2.75, 3.05) is 13.2 Å². The molecule has 1 N–H and O–H groups in total. The number of ether oxygens (including phenoxy) is 1. The average molecular weight is 296 g/mol. The van der Waals surface area contributed by atoms with E-state index in [0.29, 0.717) is 17.3 Å². The Morgan fingerprint density at radius 1 is 1.50 bits per heavy atom. The van der Waals surface area contributed by atoms with Gasteiger partial charge >= 0.3 is 5.97 Å². The third kappa shape index (κ3) is 3.11. The van der Waals surface area contributed by atoms with Gasteiger partial charge in [0.1, 0.15) is 11.8 Å². The van der Waals surface area contributed by atoms with E-state index >= 15 is 0 Å². The van der Waals surface area contributed by atoms with Gasteiger partial charge in [-0.25, -0.2) is 4.79 Å². The molecular weight excluding hydrogens is 282 g/mol. The summed E-state index contributed by atoms with van der Waals surface area (Å²) in [6.07, 6.45) is 3.15. The Hall–Kier alpha value is -2.01. The molecule has 1 heterocycles. The fourth-order valence-corrected chi connectivity index (χ4v) is 2.22. The molecule has 0 aliphatic carbocycles. The summed E-state index contributed by atoms with van der Waals surface area (Å²) >= 11 is 5.83. The number of carbonyl (C=O) groups excluding carboxylic acids is 1. The number of benzene rings is 1. The zero-order valence-electron chi connectivity index (χ0n) is 10.9. The Labute approximate surface area is 121 Å². The summed E-state index contributed by atoms with van der Waals surface area (Å²) in [7, 11) is 0. The first-order valence-electron chi connectivity index (χ1n) is 6.07. The summed E-state index contributed by atoms with van der Waals surface area (Å²) in [4.78, 5) is 24.2. The van der Waals surface area contributed by atoms with E-state index in [4.69, 9.17) is 21.4 Å². The van der Waals surface area contributed by atoms with Crippen LogP contribution in [-0.4, -0.2) is 41.1 Å². The molecule has 1 aromatic carbocycles. The highest BCUT2D eigenvalue weighted by Crippen LogP contribution is 2.22. The quantitative estimate of drug-likeness (QED) is 0.861. The second kappa shape index (κ2) is 5.96. The lowest BCUT2D eigenvalue weighted by molar-refractivity contribution is -0.147. The molecule has 0 fully saturated rings. The predicted octanol–water partition coefficient (Wildman–Crippen LogP) is 1.88. The minimum absolute atomic E-state index is 0.200. The lowest BCUT2D eigenvalue weighted by Crippen LogP contribution is -2.43. The average Bonchev–Trinajstić information content (AvgIpc) is 2.86. The Bertz CT molecular complexity index is 570. The number of amides is 1. The molecule has 0 saturated heterocycles. The molecule has 0 aromatic heterocycles. The highest BCUT2D eigenvalue weighted by atomic mass is 35.5. The van der Waals surface area contributed by atoms with Crippen LogP contribution in [-0.2, 0) is 9.59 Å². The van der Waals surface area contributed by atoms with Crippen molar-refractivity contribution in [2.24, 2.45) is 0 Å². The first kappa shape index (κ1) is 14.4. The summed E-state index contributed by atoms with van der Waals surface area (Å²) in [5.74, 6) is -0.853. The first-order chi connectivity index (χ1) is 9.49. The van der Waals surface area contributed by atoms with Gasteiger partial charge in [-0.05, 0) is 30.7 Å². The van der Waals surface area contributed by atoms with E-state index in [1.807, 2.05) is 6.92 Å². The number of aryl methyl sites for hydroxylation is 1. The second-order valence-electron chi connectivity index (χ2n) is 4.46. The van der Waals surface area contributed by atoms with Gasteiger partial charge in [-0.1, -0.05) is 23.8 Å².